The average molecular weight is 309 g/mol. The molecule has 0 bridgehead atoms. The van der Waals surface area contributed by atoms with Crippen LogP contribution in [0.4, 0.5) is 5.69 Å². The number of anilines is 1. The van der Waals surface area contributed by atoms with Crippen LogP contribution in [-0.4, -0.2) is 13.4 Å². The summed E-state index contributed by atoms with van der Waals surface area (Å²) in [5.41, 5.74) is 0.235. The molecule has 4 nitrogen and oxygen atoms in total. The van der Waals surface area contributed by atoms with Crippen LogP contribution >= 0.6 is 34.5 Å². The van der Waals surface area contributed by atoms with Crippen molar-refractivity contribution in [3.8, 4) is 0 Å². The molecule has 1 N–H and O–H groups in total. The molecule has 0 atom stereocenters. The van der Waals surface area contributed by atoms with Crippen molar-refractivity contribution in [3.05, 3.63) is 40.0 Å². The summed E-state index contributed by atoms with van der Waals surface area (Å²) >= 11 is 12.4. The minimum atomic E-state index is -3.66. The molecule has 90 valence electrons. The van der Waals surface area contributed by atoms with Crippen LogP contribution in [0.5, 0.6) is 0 Å². The zero-order valence-electron chi connectivity index (χ0n) is 8.22. The zero-order chi connectivity index (χ0) is 12.5. The van der Waals surface area contributed by atoms with E-state index in [2.05, 4.69) is 9.71 Å². The highest BCUT2D eigenvalue weighted by Crippen LogP contribution is 2.28. The molecule has 0 aliphatic rings. The summed E-state index contributed by atoms with van der Waals surface area (Å²) in [5.74, 6) is 0. The van der Waals surface area contributed by atoms with Gasteiger partial charge in [0.25, 0.3) is 10.0 Å². The number of hydrogen-bond donors (Lipinski definition) is 1. The smallest absolute Gasteiger partial charge is 0.271 e. The van der Waals surface area contributed by atoms with Crippen LogP contribution in [0.15, 0.2) is 34.7 Å². The second kappa shape index (κ2) is 4.81. The van der Waals surface area contributed by atoms with Crippen LogP contribution in [-0.2, 0) is 10.0 Å². The molecule has 17 heavy (non-hydrogen) atoms. The van der Waals surface area contributed by atoms with Crippen LogP contribution in [0.1, 0.15) is 0 Å². The van der Waals surface area contributed by atoms with Crippen molar-refractivity contribution >= 4 is 50.2 Å². The Labute approximate surface area is 112 Å². The van der Waals surface area contributed by atoms with Crippen molar-refractivity contribution in [2.45, 2.75) is 4.21 Å². The SMILES string of the molecule is O=S(=O)(Nc1cccnc1Cl)c1ccc(Cl)s1. The predicted molar refractivity (Wildman–Crippen MR) is 69.4 cm³/mol. The first kappa shape index (κ1) is 12.6. The van der Waals surface area contributed by atoms with E-state index in [9.17, 15) is 8.42 Å². The van der Waals surface area contributed by atoms with Crippen LogP contribution in [0.25, 0.3) is 0 Å². The van der Waals surface area contributed by atoms with Crippen molar-refractivity contribution in [1.82, 2.24) is 4.98 Å². The number of thiophene rings is 1. The maximum Gasteiger partial charge on any atom is 0.271 e. The minimum absolute atomic E-state index is 0.0960. The number of aromatic nitrogens is 1. The van der Waals surface area contributed by atoms with E-state index in [4.69, 9.17) is 23.2 Å². The highest BCUT2D eigenvalue weighted by molar-refractivity contribution is 7.94. The van der Waals surface area contributed by atoms with Crippen molar-refractivity contribution in [2.75, 3.05) is 4.72 Å². The van der Waals surface area contributed by atoms with E-state index in [0.717, 1.165) is 11.3 Å². The maximum atomic E-state index is 11.9. The lowest BCUT2D eigenvalue weighted by Crippen LogP contribution is -2.11. The standard InChI is InChI=1S/C9H6Cl2N2O2S2/c10-7-3-4-8(16-7)17(14,15)13-6-2-1-5-12-9(6)11/h1-5,13H. The Hall–Kier alpha value is -0.820. The van der Waals surface area contributed by atoms with Gasteiger partial charge in [-0.05, 0) is 24.3 Å². The van der Waals surface area contributed by atoms with Gasteiger partial charge >= 0.3 is 0 Å². The molecule has 0 aliphatic heterocycles. The highest BCUT2D eigenvalue weighted by atomic mass is 35.5. The molecule has 0 radical (unpaired) electrons. The molecule has 2 aromatic rings. The van der Waals surface area contributed by atoms with Crippen molar-refractivity contribution in [3.63, 3.8) is 0 Å². The summed E-state index contributed by atoms with van der Waals surface area (Å²) < 4.78 is 26.7. The van der Waals surface area contributed by atoms with Crippen LogP contribution in [0.2, 0.25) is 9.49 Å². The molecule has 0 spiro atoms. The number of halogens is 2. The van der Waals surface area contributed by atoms with Gasteiger partial charge in [-0.3, -0.25) is 4.72 Å². The molecule has 8 heteroatoms. The molecule has 2 rings (SSSR count). The third kappa shape index (κ3) is 2.90. The monoisotopic (exact) mass is 308 g/mol. The van der Waals surface area contributed by atoms with E-state index in [0.29, 0.717) is 4.34 Å². The molecule has 0 unspecified atom stereocenters. The van der Waals surface area contributed by atoms with Crippen LogP contribution < -0.4 is 4.72 Å². The van der Waals surface area contributed by atoms with Crippen molar-refractivity contribution in [2.24, 2.45) is 0 Å². The molecule has 0 fully saturated rings. The Bertz CT molecular complexity index is 640. The Kier molecular flexibility index (Phi) is 3.58. The average Bonchev–Trinajstić information content (AvgIpc) is 2.69. The summed E-state index contributed by atoms with van der Waals surface area (Å²) in [7, 11) is -3.66. The largest absolute Gasteiger partial charge is 0.276 e. The summed E-state index contributed by atoms with van der Waals surface area (Å²) in [6.07, 6.45) is 1.47. The van der Waals surface area contributed by atoms with E-state index in [1.807, 2.05) is 0 Å². The van der Waals surface area contributed by atoms with Gasteiger partial charge in [0.1, 0.15) is 4.21 Å². The van der Waals surface area contributed by atoms with Crippen LogP contribution in [0.3, 0.4) is 0 Å². The number of rotatable bonds is 3. The van der Waals surface area contributed by atoms with E-state index >= 15 is 0 Å². The molecule has 2 heterocycles. The summed E-state index contributed by atoms with van der Waals surface area (Å²) in [5, 5.41) is 0.0960. The quantitative estimate of drug-likeness (QED) is 0.885. The van der Waals surface area contributed by atoms with E-state index in [1.165, 1.54) is 24.4 Å². The number of hydrogen-bond acceptors (Lipinski definition) is 4. The van der Waals surface area contributed by atoms with E-state index in [-0.39, 0.29) is 15.0 Å². The van der Waals surface area contributed by atoms with Gasteiger partial charge < -0.3 is 0 Å². The fourth-order valence-corrected chi connectivity index (χ4v) is 3.87. The molecular formula is C9H6Cl2N2O2S2. The van der Waals surface area contributed by atoms with Gasteiger partial charge in [0, 0.05) is 6.20 Å². The predicted octanol–water partition coefficient (Wildman–Crippen LogP) is 3.25. The molecule has 0 aliphatic carbocycles. The van der Waals surface area contributed by atoms with Gasteiger partial charge in [0.05, 0.1) is 10.0 Å². The Morgan fingerprint density at radius 1 is 1.24 bits per heavy atom. The number of nitrogens with one attached hydrogen (secondary N) is 1. The van der Waals surface area contributed by atoms with Gasteiger partial charge in [0.2, 0.25) is 0 Å². The van der Waals surface area contributed by atoms with Crippen LogP contribution in [0, 0.1) is 0 Å². The lowest BCUT2D eigenvalue weighted by Gasteiger charge is -2.06. The molecule has 0 saturated carbocycles. The Balaban J connectivity index is 2.33. The molecule has 0 saturated heterocycles. The molecule has 2 aromatic heterocycles. The van der Waals surface area contributed by atoms with Crippen molar-refractivity contribution in [1.29, 1.82) is 0 Å². The molecular weight excluding hydrogens is 303 g/mol. The number of nitrogens with zero attached hydrogens (tertiary/aromatic N) is 1. The highest BCUT2D eigenvalue weighted by Gasteiger charge is 2.18. The van der Waals surface area contributed by atoms with Crippen molar-refractivity contribution < 1.29 is 8.42 Å². The first-order valence-corrected chi connectivity index (χ1v) is 7.43. The van der Waals surface area contributed by atoms with Gasteiger partial charge in [-0.25, -0.2) is 13.4 Å². The lowest BCUT2D eigenvalue weighted by molar-refractivity contribution is 0.603. The van der Waals surface area contributed by atoms with E-state index < -0.39 is 10.0 Å². The topological polar surface area (TPSA) is 59.1 Å². The second-order valence-electron chi connectivity index (χ2n) is 3.01. The molecule has 0 amide bonds. The van der Waals surface area contributed by atoms with E-state index in [1.54, 1.807) is 6.07 Å². The third-order valence-electron chi connectivity index (χ3n) is 1.82. The van der Waals surface area contributed by atoms with Gasteiger partial charge in [-0.2, -0.15) is 0 Å². The number of pyridine rings is 1. The fraction of sp³-hybridized carbons (Fsp3) is 0. The third-order valence-corrected chi connectivity index (χ3v) is 5.21. The Morgan fingerprint density at radius 3 is 2.59 bits per heavy atom. The first-order chi connectivity index (χ1) is 7.99. The maximum absolute atomic E-state index is 11.9. The van der Waals surface area contributed by atoms with Gasteiger partial charge in [-0.1, -0.05) is 23.2 Å². The molecule has 0 aromatic carbocycles. The van der Waals surface area contributed by atoms with Gasteiger partial charge in [0.15, 0.2) is 5.15 Å². The normalized spacial score (nSPS) is 11.4. The minimum Gasteiger partial charge on any atom is -0.276 e. The summed E-state index contributed by atoms with van der Waals surface area (Å²) in [6, 6.07) is 6.07. The van der Waals surface area contributed by atoms with Gasteiger partial charge in [-0.15, -0.1) is 11.3 Å². The Morgan fingerprint density at radius 2 is 2.00 bits per heavy atom. The summed E-state index contributed by atoms with van der Waals surface area (Å²) in [6.45, 7) is 0. The first-order valence-electron chi connectivity index (χ1n) is 4.38. The summed E-state index contributed by atoms with van der Waals surface area (Å²) in [4.78, 5) is 3.78. The zero-order valence-corrected chi connectivity index (χ0v) is 11.4. The lowest BCUT2D eigenvalue weighted by atomic mass is 10.4. The fourth-order valence-electron chi connectivity index (χ4n) is 1.10. The number of sulfonamides is 1. The second-order valence-corrected chi connectivity index (χ2v) is 6.99.